The molecule has 0 aliphatic heterocycles. The van der Waals surface area contributed by atoms with Crippen LogP contribution in [0.5, 0.6) is 0 Å². The van der Waals surface area contributed by atoms with E-state index in [-0.39, 0.29) is 42.7 Å². The van der Waals surface area contributed by atoms with Crippen LogP contribution in [-0.4, -0.2) is 42.3 Å². The van der Waals surface area contributed by atoms with E-state index in [1.807, 2.05) is 31.2 Å². The lowest BCUT2D eigenvalue weighted by atomic mass is 9.98. The summed E-state index contributed by atoms with van der Waals surface area (Å²) < 4.78 is 5.64. The van der Waals surface area contributed by atoms with Crippen molar-refractivity contribution in [3.05, 3.63) is 59.7 Å². The molecule has 3 atom stereocenters. The average molecular weight is 465 g/mol. The molecule has 34 heavy (non-hydrogen) atoms. The fourth-order valence-electron chi connectivity index (χ4n) is 5.21. The van der Waals surface area contributed by atoms with Gasteiger partial charge in [0.25, 0.3) is 0 Å². The highest BCUT2D eigenvalue weighted by atomic mass is 16.5. The highest BCUT2D eigenvalue weighted by Crippen LogP contribution is 2.44. The monoisotopic (exact) mass is 464 g/mol. The van der Waals surface area contributed by atoms with Crippen molar-refractivity contribution in [1.82, 2.24) is 10.6 Å². The molecule has 0 heterocycles. The number of hydrogen-bond donors (Lipinski definition) is 3. The third-order valence-corrected chi connectivity index (χ3v) is 6.96. The lowest BCUT2D eigenvalue weighted by Gasteiger charge is -2.21. The van der Waals surface area contributed by atoms with Crippen LogP contribution < -0.4 is 10.6 Å². The zero-order valence-corrected chi connectivity index (χ0v) is 19.5. The SMILES string of the molecule is CC(CCNC(=O)[C@@H]1CCC[C@@H]1NC(=O)OCC1c2ccccc2-c2ccccc21)CC(=O)O. The number of carbonyl (C=O) groups excluding carboxylic acids is 2. The van der Waals surface area contributed by atoms with Crippen LogP contribution in [0, 0.1) is 11.8 Å². The summed E-state index contributed by atoms with van der Waals surface area (Å²) in [4.78, 5) is 36.1. The van der Waals surface area contributed by atoms with Gasteiger partial charge < -0.3 is 20.5 Å². The number of aliphatic carboxylic acids is 1. The number of carbonyl (C=O) groups is 3. The maximum Gasteiger partial charge on any atom is 0.407 e. The van der Waals surface area contributed by atoms with E-state index in [9.17, 15) is 14.4 Å². The molecular formula is C27H32N2O5. The molecule has 4 rings (SSSR count). The molecule has 180 valence electrons. The first-order valence-electron chi connectivity index (χ1n) is 12.0. The molecule has 7 heteroatoms. The fraction of sp³-hybridized carbons (Fsp3) is 0.444. The van der Waals surface area contributed by atoms with E-state index in [1.54, 1.807) is 0 Å². The Labute approximate surface area is 199 Å². The van der Waals surface area contributed by atoms with Crippen molar-refractivity contribution in [1.29, 1.82) is 0 Å². The molecular weight excluding hydrogens is 432 g/mol. The van der Waals surface area contributed by atoms with Gasteiger partial charge in [0.2, 0.25) is 5.91 Å². The minimum absolute atomic E-state index is 0.00359. The van der Waals surface area contributed by atoms with E-state index in [1.165, 1.54) is 11.1 Å². The van der Waals surface area contributed by atoms with Crippen molar-refractivity contribution >= 4 is 18.0 Å². The number of carboxylic acid groups (broad SMARTS) is 1. The van der Waals surface area contributed by atoms with E-state index in [0.717, 1.165) is 24.0 Å². The summed E-state index contributed by atoms with van der Waals surface area (Å²) in [7, 11) is 0. The lowest BCUT2D eigenvalue weighted by molar-refractivity contribution is -0.138. The zero-order chi connectivity index (χ0) is 24.1. The Morgan fingerprint density at radius 2 is 1.68 bits per heavy atom. The van der Waals surface area contributed by atoms with Crippen molar-refractivity contribution in [2.45, 2.75) is 51.0 Å². The Morgan fingerprint density at radius 3 is 2.32 bits per heavy atom. The van der Waals surface area contributed by atoms with Crippen molar-refractivity contribution in [2.24, 2.45) is 11.8 Å². The molecule has 7 nitrogen and oxygen atoms in total. The quantitative estimate of drug-likeness (QED) is 0.513. The highest BCUT2D eigenvalue weighted by Gasteiger charge is 2.35. The first-order valence-corrected chi connectivity index (χ1v) is 12.0. The van der Waals surface area contributed by atoms with Gasteiger partial charge in [-0.25, -0.2) is 4.79 Å². The topological polar surface area (TPSA) is 105 Å². The summed E-state index contributed by atoms with van der Waals surface area (Å²) in [5.74, 6) is -1.23. The Balaban J connectivity index is 1.28. The van der Waals surface area contributed by atoms with Gasteiger partial charge in [-0.15, -0.1) is 0 Å². The largest absolute Gasteiger partial charge is 0.481 e. The molecule has 1 unspecified atom stereocenters. The van der Waals surface area contributed by atoms with Crippen molar-refractivity contribution < 1.29 is 24.2 Å². The lowest BCUT2D eigenvalue weighted by Crippen LogP contribution is -2.44. The Bertz CT molecular complexity index is 1010. The Kier molecular flexibility index (Phi) is 7.50. The molecule has 2 aliphatic carbocycles. The van der Waals surface area contributed by atoms with E-state index in [4.69, 9.17) is 9.84 Å². The van der Waals surface area contributed by atoms with Gasteiger partial charge in [0, 0.05) is 24.9 Å². The Hall–Kier alpha value is -3.35. The second-order valence-electron chi connectivity index (χ2n) is 9.40. The number of benzene rings is 2. The zero-order valence-electron chi connectivity index (χ0n) is 19.5. The van der Waals surface area contributed by atoms with Gasteiger partial charge in [-0.3, -0.25) is 9.59 Å². The molecule has 0 spiro atoms. The van der Waals surface area contributed by atoms with Crippen molar-refractivity contribution in [3.63, 3.8) is 0 Å². The number of ether oxygens (including phenoxy) is 1. The normalized spacial score (nSPS) is 19.7. The third kappa shape index (κ3) is 5.41. The molecule has 0 saturated heterocycles. The maximum atomic E-state index is 12.7. The number of nitrogens with one attached hydrogen (secondary N) is 2. The number of alkyl carbamates (subject to hydrolysis) is 1. The van der Waals surface area contributed by atoms with Crippen LogP contribution in [0.2, 0.25) is 0 Å². The molecule has 1 fully saturated rings. The molecule has 2 amide bonds. The first-order chi connectivity index (χ1) is 16.4. The van der Waals surface area contributed by atoms with E-state index in [0.29, 0.717) is 19.4 Å². The summed E-state index contributed by atoms with van der Waals surface area (Å²) in [6.07, 6.45) is 2.51. The van der Waals surface area contributed by atoms with Gasteiger partial charge in [-0.2, -0.15) is 0 Å². The molecule has 3 N–H and O–H groups in total. The van der Waals surface area contributed by atoms with Crippen LogP contribution in [0.15, 0.2) is 48.5 Å². The second-order valence-corrected chi connectivity index (χ2v) is 9.40. The molecule has 2 aromatic rings. The van der Waals surface area contributed by atoms with Crippen LogP contribution in [0.3, 0.4) is 0 Å². The van der Waals surface area contributed by atoms with Gasteiger partial charge in [0.1, 0.15) is 6.61 Å². The van der Waals surface area contributed by atoms with Crippen LogP contribution in [0.25, 0.3) is 11.1 Å². The number of amides is 2. The van der Waals surface area contributed by atoms with Crippen LogP contribution in [0.4, 0.5) is 4.79 Å². The van der Waals surface area contributed by atoms with Crippen molar-refractivity contribution in [2.75, 3.05) is 13.2 Å². The highest BCUT2D eigenvalue weighted by molar-refractivity contribution is 5.81. The smallest absolute Gasteiger partial charge is 0.407 e. The molecule has 0 aromatic heterocycles. The van der Waals surface area contributed by atoms with Crippen LogP contribution in [-0.2, 0) is 14.3 Å². The fourth-order valence-corrected chi connectivity index (χ4v) is 5.21. The summed E-state index contributed by atoms with van der Waals surface area (Å²) in [5, 5.41) is 14.7. The van der Waals surface area contributed by atoms with Crippen LogP contribution >= 0.6 is 0 Å². The number of hydrogen-bond acceptors (Lipinski definition) is 4. The standard InChI is InChI=1S/C27H32N2O5/c1-17(15-25(30)31)13-14-28-26(32)22-11-6-12-24(22)29-27(33)34-16-23-20-9-4-2-7-18(20)19-8-3-5-10-21(19)23/h2-5,7-10,17,22-24H,6,11-16H2,1H3,(H,28,32)(H,29,33)(H,30,31)/t17?,22-,24+/m1/s1. The van der Waals surface area contributed by atoms with Gasteiger partial charge in [-0.1, -0.05) is 61.9 Å². The number of rotatable bonds is 9. The molecule has 2 aliphatic rings. The van der Waals surface area contributed by atoms with Crippen molar-refractivity contribution in [3.8, 4) is 11.1 Å². The van der Waals surface area contributed by atoms with Gasteiger partial charge >= 0.3 is 12.1 Å². The summed E-state index contributed by atoms with van der Waals surface area (Å²) in [6, 6.07) is 16.1. The van der Waals surface area contributed by atoms with Crippen LogP contribution in [0.1, 0.15) is 56.1 Å². The molecule has 0 radical (unpaired) electrons. The minimum Gasteiger partial charge on any atom is -0.481 e. The maximum absolute atomic E-state index is 12.7. The number of fused-ring (bicyclic) bond motifs is 3. The second kappa shape index (κ2) is 10.7. The van der Waals surface area contributed by atoms with E-state index >= 15 is 0 Å². The third-order valence-electron chi connectivity index (χ3n) is 6.96. The molecule has 2 aromatic carbocycles. The molecule has 0 bridgehead atoms. The van der Waals surface area contributed by atoms with Gasteiger partial charge in [0.15, 0.2) is 0 Å². The van der Waals surface area contributed by atoms with E-state index < -0.39 is 12.1 Å². The predicted molar refractivity (Wildman–Crippen MR) is 128 cm³/mol. The molecule has 1 saturated carbocycles. The predicted octanol–water partition coefficient (Wildman–Crippen LogP) is 4.31. The summed E-state index contributed by atoms with van der Waals surface area (Å²) in [5.41, 5.74) is 4.67. The average Bonchev–Trinajstić information content (AvgIpc) is 3.39. The van der Waals surface area contributed by atoms with Gasteiger partial charge in [0.05, 0.1) is 5.92 Å². The summed E-state index contributed by atoms with van der Waals surface area (Å²) in [6.45, 7) is 2.53. The summed E-state index contributed by atoms with van der Waals surface area (Å²) >= 11 is 0. The number of carboxylic acids is 1. The minimum atomic E-state index is -0.832. The van der Waals surface area contributed by atoms with E-state index in [2.05, 4.69) is 34.9 Å². The Morgan fingerprint density at radius 1 is 1.03 bits per heavy atom. The van der Waals surface area contributed by atoms with Gasteiger partial charge in [-0.05, 0) is 47.4 Å². The first kappa shape index (κ1) is 23.8.